The Balaban J connectivity index is 2.43. The smallest absolute Gasteiger partial charge is 0.0208 e. The number of hydrogen-bond donors (Lipinski definition) is 0. The topological polar surface area (TPSA) is 0 Å². The first-order valence-corrected chi connectivity index (χ1v) is 7.77. The molecule has 2 aliphatic rings. The Kier molecular flexibility index (Phi) is 3.55. The van der Waals surface area contributed by atoms with Crippen LogP contribution in [0.1, 0.15) is 52.9 Å². The molecule has 0 heterocycles. The highest BCUT2D eigenvalue weighted by molar-refractivity contribution is 9.09. The molecule has 0 saturated heterocycles. The van der Waals surface area contributed by atoms with Crippen LogP contribution >= 0.6 is 27.5 Å². The number of hydrogen-bond acceptors (Lipinski definition) is 0. The first kappa shape index (κ1) is 13.7. The fourth-order valence-electron chi connectivity index (χ4n) is 3.55. The Morgan fingerprint density at radius 2 is 2.00 bits per heavy atom. The van der Waals surface area contributed by atoms with Gasteiger partial charge in [-0.15, -0.1) is 0 Å². The molecular weight excluding hydrogens is 296 g/mol. The van der Waals surface area contributed by atoms with Gasteiger partial charge in [-0.1, -0.05) is 59.1 Å². The highest BCUT2D eigenvalue weighted by Gasteiger charge is 2.53. The van der Waals surface area contributed by atoms with Crippen LogP contribution in [0, 0.1) is 10.8 Å². The highest BCUT2D eigenvalue weighted by atomic mass is 79.9. The maximum absolute atomic E-state index is 6.45. The van der Waals surface area contributed by atoms with Crippen LogP contribution in [0.2, 0.25) is 0 Å². The minimum Gasteiger partial charge on any atom is -0.0993 e. The van der Waals surface area contributed by atoms with E-state index in [0.29, 0.717) is 4.83 Å². The van der Waals surface area contributed by atoms with Gasteiger partial charge in [-0.25, -0.2) is 0 Å². The summed E-state index contributed by atoms with van der Waals surface area (Å²) in [5.74, 6) is 0. The van der Waals surface area contributed by atoms with Gasteiger partial charge in [0, 0.05) is 15.3 Å². The molecule has 1 fully saturated rings. The van der Waals surface area contributed by atoms with Crippen LogP contribution < -0.4 is 0 Å². The third-order valence-electron chi connectivity index (χ3n) is 5.24. The molecule has 0 nitrogen and oxygen atoms in total. The molecule has 2 rings (SSSR count). The second-order valence-corrected chi connectivity index (χ2v) is 7.84. The Hall–Kier alpha value is 0.250. The van der Waals surface area contributed by atoms with Gasteiger partial charge in [-0.2, -0.15) is 0 Å². The monoisotopic (exact) mass is 316 g/mol. The summed E-state index contributed by atoms with van der Waals surface area (Å²) in [6, 6.07) is 0. The molecule has 0 amide bonds. The summed E-state index contributed by atoms with van der Waals surface area (Å²) in [6.07, 6.45) is 5.68. The van der Waals surface area contributed by atoms with Gasteiger partial charge in [0.05, 0.1) is 0 Å². The van der Waals surface area contributed by atoms with Gasteiger partial charge in [0.15, 0.2) is 0 Å². The van der Waals surface area contributed by atoms with Crippen LogP contribution in [0.4, 0.5) is 0 Å². The average molecular weight is 318 g/mol. The lowest BCUT2D eigenvalue weighted by Gasteiger charge is -2.56. The number of allylic oxidation sites excluding steroid dienone is 3. The zero-order valence-corrected chi connectivity index (χ0v) is 13.4. The highest BCUT2D eigenvalue weighted by Crippen LogP contribution is 2.62. The third-order valence-corrected chi connectivity index (χ3v) is 7.30. The normalized spacial score (nSPS) is 37.7. The first-order valence-electron chi connectivity index (χ1n) is 6.48. The quantitative estimate of drug-likeness (QED) is 0.391. The van der Waals surface area contributed by atoms with E-state index in [4.69, 9.17) is 11.6 Å². The molecule has 0 aliphatic heterocycles. The van der Waals surface area contributed by atoms with Crippen LogP contribution in [0.15, 0.2) is 22.8 Å². The summed E-state index contributed by atoms with van der Waals surface area (Å²) in [5, 5.41) is 1.08. The van der Waals surface area contributed by atoms with Crippen molar-refractivity contribution in [1.29, 1.82) is 0 Å². The molecule has 1 spiro atoms. The summed E-state index contributed by atoms with van der Waals surface area (Å²) in [6.45, 7) is 11.3. The lowest BCUT2D eigenvalue weighted by atomic mass is 9.51. The second kappa shape index (κ2) is 4.42. The minimum atomic E-state index is 0.204. The molecule has 0 aromatic carbocycles. The summed E-state index contributed by atoms with van der Waals surface area (Å²) in [7, 11) is 0. The molecule has 0 unspecified atom stereocenters. The van der Waals surface area contributed by atoms with E-state index in [0.717, 1.165) is 24.3 Å². The molecule has 2 atom stereocenters. The van der Waals surface area contributed by atoms with Crippen molar-refractivity contribution in [3.05, 3.63) is 22.8 Å². The Morgan fingerprint density at radius 3 is 2.59 bits per heavy atom. The van der Waals surface area contributed by atoms with E-state index in [9.17, 15) is 0 Å². The molecule has 2 aliphatic carbocycles. The summed E-state index contributed by atoms with van der Waals surface area (Å²) in [5.41, 5.74) is 3.24. The zero-order valence-electron chi connectivity index (χ0n) is 11.1. The number of rotatable bonds is 0. The average Bonchev–Trinajstić information content (AvgIpc) is 2.27. The van der Waals surface area contributed by atoms with Crippen LogP contribution in [0.5, 0.6) is 0 Å². The van der Waals surface area contributed by atoms with Crippen LogP contribution in [0.25, 0.3) is 0 Å². The van der Waals surface area contributed by atoms with E-state index in [1.54, 1.807) is 0 Å². The number of halogens is 2. The molecule has 0 radical (unpaired) electrons. The standard InChI is InChI=1S/C15H22BrCl/c1-10-7-8-15(9-12(10)17)11(2)5-6-13(16)14(15,3)4/h13H,2,5-9H2,1,3-4H3/t13-,15+/m0/s1. The lowest BCUT2D eigenvalue weighted by Crippen LogP contribution is -2.49. The van der Waals surface area contributed by atoms with Crippen molar-refractivity contribution < 1.29 is 0 Å². The molecule has 1 saturated carbocycles. The van der Waals surface area contributed by atoms with E-state index >= 15 is 0 Å². The van der Waals surface area contributed by atoms with E-state index in [1.165, 1.54) is 24.0 Å². The largest absolute Gasteiger partial charge is 0.0993 e. The zero-order chi connectivity index (χ0) is 12.8. The van der Waals surface area contributed by atoms with E-state index < -0.39 is 0 Å². The van der Waals surface area contributed by atoms with Crippen molar-refractivity contribution in [1.82, 2.24) is 0 Å². The minimum absolute atomic E-state index is 0.204. The van der Waals surface area contributed by atoms with Crippen LogP contribution in [-0.2, 0) is 0 Å². The molecule has 0 N–H and O–H groups in total. The fraction of sp³-hybridized carbons (Fsp3) is 0.733. The van der Waals surface area contributed by atoms with Gasteiger partial charge in [-0.3, -0.25) is 0 Å². The maximum Gasteiger partial charge on any atom is 0.0208 e. The fourth-order valence-corrected chi connectivity index (χ4v) is 4.54. The van der Waals surface area contributed by atoms with E-state index in [-0.39, 0.29) is 10.8 Å². The van der Waals surface area contributed by atoms with Gasteiger partial charge in [0.25, 0.3) is 0 Å². The van der Waals surface area contributed by atoms with E-state index in [2.05, 4.69) is 43.3 Å². The Bertz CT molecular complexity index is 380. The summed E-state index contributed by atoms with van der Waals surface area (Å²) in [4.78, 5) is 0.573. The van der Waals surface area contributed by atoms with Gasteiger partial charge in [0.1, 0.15) is 0 Å². The molecule has 0 aromatic rings. The van der Waals surface area contributed by atoms with Crippen LogP contribution in [-0.4, -0.2) is 4.83 Å². The van der Waals surface area contributed by atoms with Gasteiger partial charge in [0.2, 0.25) is 0 Å². The number of alkyl halides is 1. The van der Waals surface area contributed by atoms with Gasteiger partial charge in [-0.05, 0) is 44.4 Å². The van der Waals surface area contributed by atoms with Crippen LogP contribution in [0.3, 0.4) is 0 Å². The van der Waals surface area contributed by atoms with Gasteiger partial charge < -0.3 is 0 Å². The van der Waals surface area contributed by atoms with Crippen molar-refractivity contribution in [2.75, 3.05) is 0 Å². The Labute approximate surface area is 119 Å². The third kappa shape index (κ3) is 1.94. The second-order valence-electron chi connectivity index (χ2n) is 6.28. The molecule has 0 aromatic heterocycles. The molecule has 96 valence electrons. The first-order chi connectivity index (χ1) is 7.81. The lowest BCUT2D eigenvalue weighted by molar-refractivity contribution is 0.0655. The SMILES string of the molecule is C=C1CC[C@H](Br)C(C)(C)[C@@]12CCC(C)=C(Cl)C2. The molecule has 2 heteroatoms. The summed E-state index contributed by atoms with van der Waals surface area (Å²) < 4.78 is 0. The van der Waals surface area contributed by atoms with Crippen molar-refractivity contribution in [3.63, 3.8) is 0 Å². The molecule has 0 bridgehead atoms. The van der Waals surface area contributed by atoms with E-state index in [1.807, 2.05) is 0 Å². The predicted molar refractivity (Wildman–Crippen MR) is 79.7 cm³/mol. The molecule has 17 heavy (non-hydrogen) atoms. The molecular formula is C15H22BrCl. The summed E-state index contributed by atoms with van der Waals surface area (Å²) >= 11 is 10.3. The van der Waals surface area contributed by atoms with Crippen molar-refractivity contribution in [2.24, 2.45) is 10.8 Å². The van der Waals surface area contributed by atoms with Gasteiger partial charge >= 0.3 is 0 Å². The maximum atomic E-state index is 6.45. The van der Waals surface area contributed by atoms with Crippen molar-refractivity contribution >= 4 is 27.5 Å². The predicted octanol–water partition coefficient (Wildman–Crippen LogP) is 5.81. The van der Waals surface area contributed by atoms with Crippen molar-refractivity contribution in [3.8, 4) is 0 Å². The van der Waals surface area contributed by atoms with Crippen molar-refractivity contribution in [2.45, 2.75) is 57.7 Å². The Morgan fingerprint density at radius 1 is 1.35 bits per heavy atom.